The summed E-state index contributed by atoms with van der Waals surface area (Å²) < 4.78 is 1.91. The van der Waals surface area contributed by atoms with Gasteiger partial charge in [0.1, 0.15) is 0 Å². The van der Waals surface area contributed by atoms with Gasteiger partial charge in [-0.3, -0.25) is 0 Å². The van der Waals surface area contributed by atoms with Gasteiger partial charge in [-0.2, -0.15) is 0 Å². The van der Waals surface area contributed by atoms with Crippen LogP contribution in [0.25, 0.3) is 5.69 Å². The van der Waals surface area contributed by atoms with Crippen LogP contribution in [-0.2, 0) is 6.42 Å². The van der Waals surface area contributed by atoms with Crippen LogP contribution in [0.2, 0.25) is 0 Å². The van der Waals surface area contributed by atoms with E-state index >= 15 is 0 Å². The molecule has 0 atom stereocenters. The monoisotopic (exact) mass is 264 g/mol. The van der Waals surface area contributed by atoms with Gasteiger partial charge in [0.25, 0.3) is 0 Å². The predicted octanol–water partition coefficient (Wildman–Crippen LogP) is 2.63. The first-order chi connectivity index (χ1) is 9.75. The van der Waals surface area contributed by atoms with Crippen LogP contribution in [-0.4, -0.2) is 9.55 Å². The number of imidazole rings is 1. The number of nitrogen functional groups attached to an aromatic ring is 2. The minimum atomic E-state index is 0.588. The first kappa shape index (κ1) is 12.3. The number of hydrogen-bond acceptors (Lipinski definition) is 3. The minimum Gasteiger partial charge on any atom is -0.397 e. The molecule has 3 aromatic rings. The zero-order valence-corrected chi connectivity index (χ0v) is 11.0. The summed E-state index contributed by atoms with van der Waals surface area (Å²) in [7, 11) is 0. The summed E-state index contributed by atoms with van der Waals surface area (Å²) in [4.78, 5) is 4.08. The Morgan fingerprint density at radius 3 is 2.50 bits per heavy atom. The third-order valence-corrected chi connectivity index (χ3v) is 3.33. The lowest BCUT2D eigenvalue weighted by Gasteiger charge is -2.15. The number of nitrogens with two attached hydrogens (primary N) is 2. The molecular weight excluding hydrogens is 248 g/mol. The maximum atomic E-state index is 6.15. The lowest BCUT2D eigenvalue weighted by atomic mass is 10.0. The molecule has 0 aliphatic heterocycles. The van der Waals surface area contributed by atoms with E-state index in [9.17, 15) is 0 Å². The topological polar surface area (TPSA) is 69.9 Å². The van der Waals surface area contributed by atoms with E-state index < -0.39 is 0 Å². The molecule has 4 heteroatoms. The molecule has 2 aromatic carbocycles. The Morgan fingerprint density at radius 1 is 1.00 bits per heavy atom. The van der Waals surface area contributed by atoms with E-state index in [0.717, 1.165) is 17.7 Å². The van der Waals surface area contributed by atoms with E-state index in [2.05, 4.69) is 17.1 Å². The summed E-state index contributed by atoms with van der Waals surface area (Å²) in [6.07, 6.45) is 6.15. The first-order valence-corrected chi connectivity index (χ1v) is 6.45. The summed E-state index contributed by atoms with van der Waals surface area (Å²) in [6.45, 7) is 0. The highest BCUT2D eigenvalue weighted by Gasteiger charge is 2.11. The fraction of sp³-hybridized carbons (Fsp3) is 0.0625. The van der Waals surface area contributed by atoms with Crippen LogP contribution in [0.1, 0.15) is 11.1 Å². The molecule has 0 amide bonds. The highest BCUT2D eigenvalue weighted by molar-refractivity contribution is 5.76. The SMILES string of the molecule is Nc1ccc(Cc2ccccc2)c(-n2ccnc2)c1N. The lowest BCUT2D eigenvalue weighted by Crippen LogP contribution is -2.06. The number of nitrogens with zero attached hydrogens (tertiary/aromatic N) is 2. The summed E-state index contributed by atoms with van der Waals surface area (Å²) in [5, 5.41) is 0. The molecule has 3 rings (SSSR count). The number of benzene rings is 2. The van der Waals surface area contributed by atoms with E-state index in [4.69, 9.17) is 11.5 Å². The van der Waals surface area contributed by atoms with Crippen molar-refractivity contribution in [2.24, 2.45) is 0 Å². The number of rotatable bonds is 3. The molecule has 0 unspecified atom stereocenters. The van der Waals surface area contributed by atoms with Gasteiger partial charge in [0.05, 0.1) is 23.4 Å². The molecule has 4 nitrogen and oxygen atoms in total. The van der Waals surface area contributed by atoms with Gasteiger partial charge in [-0.05, 0) is 23.6 Å². The highest BCUT2D eigenvalue weighted by Crippen LogP contribution is 2.29. The van der Waals surface area contributed by atoms with Gasteiger partial charge in [-0.15, -0.1) is 0 Å². The van der Waals surface area contributed by atoms with Gasteiger partial charge in [0.15, 0.2) is 0 Å². The van der Waals surface area contributed by atoms with E-state index in [0.29, 0.717) is 11.4 Å². The third kappa shape index (κ3) is 2.23. The molecule has 0 aliphatic carbocycles. The third-order valence-electron chi connectivity index (χ3n) is 3.33. The van der Waals surface area contributed by atoms with Crippen molar-refractivity contribution in [3.05, 3.63) is 72.3 Å². The summed E-state index contributed by atoms with van der Waals surface area (Å²) in [6, 6.07) is 14.2. The predicted molar refractivity (Wildman–Crippen MR) is 81.6 cm³/mol. The highest BCUT2D eigenvalue weighted by atomic mass is 15.0. The quantitative estimate of drug-likeness (QED) is 0.714. The summed E-state index contributed by atoms with van der Waals surface area (Å²) in [5.74, 6) is 0. The van der Waals surface area contributed by atoms with Crippen molar-refractivity contribution in [1.29, 1.82) is 0 Å². The van der Waals surface area contributed by atoms with Crippen LogP contribution in [0.4, 0.5) is 11.4 Å². The first-order valence-electron chi connectivity index (χ1n) is 6.45. The lowest BCUT2D eigenvalue weighted by molar-refractivity contribution is 1.02. The normalized spacial score (nSPS) is 10.6. The van der Waals surface area contributed by atoms with Crippen LogP contribution < -0.4 is 11.5 Å². The van der Waals surface area contributed by atoms with Crippen molar-refractivity contribution in [2.45, 2.75) is 6.42 Å². The van der Waals surface area contributed by atoms with Gasteiger partial charge in [-0.1, -0.05) is 36.4 Å². The molecule has 0 fully saturated rings. The molecular formula is C16H16N4. The van der Waals surface area contributed by atoms with Crippen molar-refractivity contribution >= 4 is 11.4 Å². The van der Waals surface area contributed by atoms with Gasteiger partial charge < -0.3 is 16.0 Å². The second-order valence-corrected chi connectivity index (χ2v) is 4.71. The van der Waals surface area contributed by atoms with Crippen LogP contribution in [0.5, 0.6) is 0 Å². The van der Waals surface area contributed by atoms with Crippen molar-refractivity contribution < 1.29 is 0 Å². The molecule has 0 saturated heterocycles. The van der Waals surface area contributed by atoms with Gasteiger partial charge in [0, 0.05) is 12.4 Å². The molecule has 100 valence electrons. The smallest absolute Gasteiger partial charge is 0.0992 e. The van der Waals surface area contributed by atoms with E-state index in [1.807, 2.05) is 41.1 Å². The Kier molecular flexibility index (Phi) is 3.13. The molecule has 1 heterocycles. The van der Waals surface area contributed by atoms with Crippen molar-refractivity contribution in [3.63, 3.8) is 0 Å². The van der Waals surface area contributed by atoms with E-state index in [-0.39, 0.29) is 0 Å². The van der Waals surface area contributed by atoms with Crippen LogP contribution in [0.3, 0.4) is 0 Å². The average molecular weight is 264 g/mol. The molecule has 0 aliphatic rings. The van der Waals surface area contributed by atoms with Crippen LogP contribution in [0.15, 0.2) is 61.2 Å². The zero-order valence-electron chi connectivity index (χ0n) is 11.0. The van der Waals surface area contributed by atoms with Crippen LogP contribution >= 0.6 is 0 Å². The van der Waals surface area contributed by atoms with E-state index in [1.54, 1.807) is 12.5 Å². The van der Waals surface area contributed by atoms with Crippen molar-refractivity contribution in [3.8, 4) is 5.69 Å². The van der Waals surface area contributed by atoms with Gasteiger partial charge >= 0.3 is 0 Å². The van der Waals surface area contributed by atoms with Crippen molar-refractivity contribution in [1.82, 2.24) is 9.55 Å². The number of aromatic nitrogens is 2. The summed E-state index contributed by atoms with van der Waals surface area (Å²) >= 11 is 0. The summed E-state index contributed by atoms with van der Waals surface area (Å²) in [5.41, 5.74) is 16.5. The van der Waals surface area contributed by atoms with E-state index in [1.165, 1.54) is 5.56 Å². The second-order valence-electron chi connectivity index (χ2n) is 4.71. The Bertz CT molecular complexity index is 703. The molecule has 0 saturated carbocycles. The molecule has 4 N–H and O–H groups in total. The molecule has 0 radical (unpaired) electrons. The zero-order chi connectivity index (χ0) is 13.9. The Hall–Kier alpha value is -2.75. The fourth-order valence-corrected chi connectivity index (χ4v) is 2.32. The molecule has 1 aromatic heterocycles. The Morgan fingerprint density at radius 2 is 1.80 bits per heavy atom. The minimum absolute atomic E-state index is 0.588. The number of anilines is 2. The van der Waals surface area contributed by atoms with Crippen LogP contribution in [0, 0.1) is 0 Å². The maximum Gasteiger partial charge on any atom is 0.0992 e. The van der Waals surface area contributed by atoms with Gasteiger partial charge in [-0.25, -0.2) is 4.98 Å². The fourth-order valence-electron chi connectivity index (χ4n) is 2.32. The molecule has 0 spiro atoms. The second kappa shape index (κ2) is 5.09. The maximum absolute atomic E-state index is 6.15. The van der Waals surface area contributed by atoms with Crippen molar-refractivity contribution in [2.75, 3.05) is 11.5 Å². The standard InChI is InChI=1S/C16H16N4/c17-14-7-6-13(10-12-4-2-1-3-5-12)16(15(14)18)20-9-8-19-11-20/h1-9,11H,10,17-18H2. The van der Waals surface area contributed by atoms with Gasteiger partial charge in [0.2, 0.25) is 0 Å². The molecule has 20 heavy (non-hydrogen) atoms. The average Bonchev–Trinajstić information content (AvgIpc) is 2.98. The number of hydrogen-bond donors (Lipinski definition) is 2. The Balaban J connectivity index is 2.09. The largest absolute Gasteiger partial charge is 0.397 e. The molecule has 0 bridgehead atoms. The Labute approximate surface area is 117 Å².